The van der Waals surface area contributed by atoms with Gasteiger partial charge in [0.2, 0.25) is 0 Å². The normalized spacial score (nSPS) is 13.6. The molecule has 212 valence electrons. The quantitative estimate of drug-likeness (QED) is 0.214. The predicted octanol–water partition coefficient (Wildman–Crippen LogP) is 9.22. The van der Waals surface area contributed by atoms with Crippen molar-refractivity contribution in [2.75, 3.05) is 21.3 Å². The molecule has 0 atom stereocenters. The van der Waals surface area contributed by atoms with Gasteiger partial charge in [-0.3, -0.25) is 0 Å². The Hall–Kier alpha value is -5.48. The fraction of sp³-hybridized carbons (Fsp3) is 0.100. The van der Waals surface area contributed by atoms with Crippen LogP contribution in [0, 0.1) is 0 Å². The summed E-state index contributed by atoms with van der Waals surface area (Å²) in [5.41, 5.74) is 8.41. The highest BCUT2D eigenvalue weighted by Gasteiger charge is 2.51. The van der Waals surface area contributed by atoms with E-state index in [2.05, 4.69) is 78.9 Å². The number of methoxy groups -OCH3 is 3. The standard InChI is InChI=1S/C40H28O4/c1-42-25-19-34(43-2)38(35(20-25)44-3)24-16-17-26-28(18-24)39-27-10-4-5-11-29(27)40(32(39)21-33(26)41)30-12-6-8-22-14-15-23-9-7-13-31(40)37(23)36(22)30/h4-21,41H,1-3H3. The number of rotatable bonds is 4. The lowest BCUT2D eigenvalue weighted by Gasteiger charge is -2.31. The number of aromatic hydroxyl groups is 1. The Labute approximate surface area is 254 Å². The Bertz CT molecular complexity index is 2280. The van der Waals surface area contributed by atoms with Gasteiger partial charge in [-0.15, -0.1) is 0 Å². The van der Waals surface area contributed by atoms with E-state index in [0.717, 1.165) is 33.0 Å². The molecule has 9 rings (SSSR count). The first-order valence-corrected chi connectivity index (χ1v) is 14.8. The average molecular weight is 573 g/mol. The molecule has 2 aliphatic rings. The summed E-state index contributed by atoms with van der Waals surface area (Å²) in [5, 5.41) is 18.6. The van der Waals surface area contributed by atoms with E-state index in [1.807, 2.05) is 30.3 Å². The molecule has 0 heterocycles. The van der Waals surface area contributed by atoms with Gasteiger partial charge in [0.05, 0.1) is 32.3 Å². The van der Waals surface area contributed by atoms with E-state index >= 15 is 0 Å². The third kappa shape index (κ3) is 2.92. The van der Waals surface area contributed by atoms with Gasteiger partial charge in [0.1, 0.15) is 23.0 Å². The summed E-state index contributed by atoms with van der Waals surface area (Å²) >= 11 is 0. The monoisotopic (exact) mass is 572 g/mol. The molecule has 0 amide bonds. The van der Waals surface area contributed by atoms with Gasteiger partial charge in [-0.1, -0.05) is 84.9 Å². The third-order valence-electron chi connectivity index (χ3n) is 9.82. The molecule has 7 aromatic rings. The number of hydrogen-bond donors (Lipinski definition) is 1. The molecule has 0 unspecified atom stereocenters. The first-order valence-electron chi connectivity index (χ1n) is 14.8. The van der Waals surface area contributed by atoms with E-state index in [9.17, 15) is 5.11 Å². The summed E-state index contributed by atoms with van der Waals surface area (Å²) in [6.45, 7) is 0. The van der Waals surface area contributed by atoms with Crippen molar-refractivity contribution in [3.8, 4) is 45.3 Å². The molecule has 1 N–H and O–H groups in total. The molecule has 0 bridgehead atoms. The predicted molar refractivity (Wildman–Crippen MR) is 177 cm³/mol. The van der Waals surface area contributed by atoms with Gasteiger partial charge < -0.3 is 19.3 Å². The van der Waals surface area contributed by atoms with Gasteiger partial charge in [-0.05, 0) is 78.0 Å². The van der Waals surface area contributed by atoms with Crippen molar-refractivity contribution in [2.45, 2.75) is 5.41 Å². The number of ether oxygens (including phenoxy) is 3. The zero-order valence-electron chi connectivity index (χ0n) is 24.6. The molecule has 4 heteroatoms. The van der Waals surface area contributed by atoms with Crippen LogP contribution in [0.15, 0.2) is 109 Å². The minimum atomic E-state index is -0.550. The maximum atomic E-state index is 11.7. The molecular formula is C40H28O4. The van der Waals surface area contributed by atoms with Gasteiger partial charge in [0.25, 0.3) is 0 Å². The van der Waals surface area contributed by atoms with Crippen LogP contribution in [0.5, 0.6) is 23.0 Å². The molecular weight excluding hydrogens is 544 g/mol. The minimum Gasteiger partial charge on any atom is -0.507 e. The number of hydrogen-bond acceptors (Lipinski definition) is 4. The SMILES string of the molecule is COc1cc(OC)c(-c2ccc3c(O)cc4c(c3c2)-c2ccccc2C42c3cccc4ccc5cccc2c5c34)c(OC)c1. The second-order valence-electron chi connectivity index (χ2n) is 11.7. The van der Waals surface area contributed by atoms with Crippen LogP contribution in [0.25, 0.3) is 54.6 Å². The first kappa shape index (κ1) is 25.1. The van der Waals surface area contributed by atoms with Crippen LogP contribution in [0.4, 0.5) is 0 Å². The lowest BCUT2D eigenvalue weighted by molar-refractivity contribution is 0.377. The molecule has 4 nitrogen and oxygen atoms in total. The molecule has 0 radical (unpaired) electrons. The zero-order valence-corrected chi connectivity index (χ0v) is 24.6. The molecule has 0 aliphatic heterocycles. The van der Waals surface area contributed by atoms with E-state index in [4.69, 9.17) is 14.2 Å². The first-order chi connectivity index (χ1) is 21.6. The maximum Gasteiger partial charge on any atom is 0.134 e. The van der Waals surface area contributed by atoms with Gasteiger partial charge in [-0.2, -0.15) is 0 Å². The fourth-order valence-electron chi connectivity index (χ4n) is 8.12. The lowest BCUT2D eigenvalue weighted by Crippen LogP contribution is -2.26. The van der Waals surface area contributed by atoms with Crippen molar-refractivity contribution in [3.05, 3.63) is 131 Å². The Balaban J connectivity index is 1.43. The second-order valence-corrected chi connectivity index (χ2v) is 11.7. The smallest absolute Gasteiger partial charge is 0.134 e. The van der Waals surface area contributed by atoms with E-state index in [1.165, 1.54) is 43.8 Å². The highest BCUT2D eigenvalue weighted by molar-refractivity contribution is 6.19. The van der Waals surface area contributed by atoms with E-state index in [0.29, 0.717) is 17.2 Å². The summed E-state index contributed by atoms with van der Waals surface area (Å²) in [4.78, 5) is 0. The Kier molecular flexibility index (Phi) is 5.00. The van der Waals surface area contributed by atoms with E-state index < -0.39 is 5.41 Å². The van der Waals surface area contributed by atoms with Crippen molar-refractivity contribution in [1.29, 1.82) is 0 Å². The minimum absolute atomic E-state index is 0.265. The Morgan fingerprint density at radius 3 is 1.80 bits per heavy atom. The van der Waals surface area contributed by atoms with E-state index in [-0.39, 0.29) is 5.75 Å². The van der Waals surface area contributed by atoms with Crippen LogP contribution in [0.2, 0.25) is 0 Å². The summed E-state index contributed by atoms with van der Waals surface area (Å²) in [5.74, 6) is 2.22. The average Bonchev–Trinajstić information content (AvgIpc) is 3.54. The molecule has 0 saturated heterocycles. The molecule has 0 aromatic heterocycles. The molecule has 2 aliphatic carbocycles. The van der Waals surface area contributed by atoms with Crippen LogP contribution in [-0.4, -0.2) is 26.4 Å². The van der Waals surface area contributed by atoms with Crippen LogP contribution in [0.1, 0.15) is 22.3 Å². The highest BCUT2D eigenvalue weighted by atomic mass is 16.5. The Morgan fingerprint density at radius 1 is 0.523 bits per heavy atom. The summed E-state index contributed by atoms with van der Waals surface area (Å²) < 4.78 is 17.2. The van der Waals surface area contributed by atoms with Crippen molar-refractivity contribution >= 4 is 32.3 Å². The van der Waals surface area contributed by atoms with Crippen molar-refractivity contribution in [3.63, 3.8) is 0 Å². The van der Waals surface area contributed by atoms with Crippen molar-refractivity contribution < 1.29 is 19.3 Å². The van der Waals surface area contributed by atoms with Gasteiger partial charge in [0.15, 0.2) is 0 Å². The molecule has 44 heavy (non-hydrogen) atoms. The van der Waals surface area contributed by atoms with Crippen LogP contribution >= 0.6 is 0 Å². The maximum absolute atomic E-state index is 11.7. The summed E-state index contributed by atoms with van der Waals surface area (Å²) in [7, 11) is 4.94. The number of phenolic OH excluding ortho intramolecular Hbond substituents is 1. The molecule has 0 fully saturated rings. The summed E-state index contributed by atoms with van der Waals surface area (Å²) in [6.07, 6.45) is 0. The van der Waals surface area contributed by atoms with Gasteiger partial charge in [-0.25, -0.2) is 0 Å². The van der Waals surface area contributed by atoms with E-state index in [1.54, 1.807) is 21.3 Å². The van der Waals surface area contributed by atoms with Gasteiger partial charge >= 0.3 is 0 Å². The second kappa shape index (κ2) is 8.77. The topological polar surface area (TPSA) is 47.9 Å². The van der Waals surface area contributed by atoms with Crippen LogP contribution in [0.3, 0.4) is 0 Å². The Morgan fingerprint density at radius 2 is 1.16 bits per heavy atom. The molecule has 0 saturated carbocycles. The number of phenols is 1. The number of benzene rings is 7. The number of fused-ring (bicyclic) bond motifs is 9. The zero-order chi connectivity index (χ0) is 29.7. The van der Waals surface area contributed by atoms with Crippen LogP contribution in [-0.2, 0) is 5.41 Å². The summed E-state index contributed by atoms with van der Waals surface area (Å²) in [6, 6.07) is 38.4. The van der Waals surface area contributed by atoms with Crippen LogP contribution < -0.4 is 14.2 Å². The molecule has 1 spiro atoms. The lowest BCUT2D eigenvalue weighted by atomic mass is 9.70. The molecule has 7 aromatic carbocycles. The highest BCUT2D eigenvalue weighted by Crippen LogP contribution is 2.64. The largest absolute Gasteiger partial charge is 0.507 e. The third-order valence-corrected chi connectivity index (χ3v) is 9.82. The van der Waals surface area contributed by atoms with Crippen molar-refractivity contribution in [1.82, 2.24) is 0 Å². The van der Waals surface area contributed by atoms with Gasteiger partial charge in [0, 0.05) is 17.5 Å². The van der Waals surface area contributed by atoms with Crippen molar-refractivity contribution in [2.24, 2.45) is 0 Å². The fourth-order valence-corrected chi connectivity index (χ4v) is 8.12.